The van der Waals surface area contributed by atoms with Crippen molar-refractivity contribution >= 4 is 11.9 Å². The Morgan fingerprint density at radius 1 is 1.00 bits per heavy atom. The lowest BCUT2D eigenvalue weighted by Gasteiger charge is -2.21. The molecule has 112 valence electrons. The molecule has 0 aliphatic rings. The average Bonchev–Trinajstić information content (AvgIpc) is 2.56. The van der Waals surface area contributed by atoms with Gasteiger partial charge in [-0.1, -0.05) is 48.5 Å². The van der Waals surface area contributed by atoms with Crippen LogP contribution in [0.2, 0.25) is 0 Å². The highest BCUT2D eigenvalue weighted by molar-refractivity contribution is 5.96. The van der Waals surface area contributed by atoms with Crippen LogP contribution in [0, 0.1) is 4.91 Å². The fraction of sp³-hybridized carbons (Fsp3) is 0.125. The third kappa shape index (κ3) is 3.54. The summed E-state index contributed by atoms with van der Waals surface area (Å²) in [7, 11) is 0. The summed E-state index contributed by atoms with van der Waals surface area (Å²) in [6, 6.07) is 15.4. The monoisotopic (exact) mass is 298 g/mol. The van der Waals surface area contributed by atoms with Crippen LogP contribution in [0.5, 0.6) is 0 Å². The lowest BCUT2D eigenvalue weighted by atomic mass is 10.0. The van der Waals surface area contributed by atoms with E-state index < -0.39 is 17.9 Å². The number of carbonyl (C=O) groups is 2. The molecule has 0 bridgehead atoms. The molecule has 2 aromatic rings. The molecule has 0 saturated heterocycles. The minimum atomic E-state index is -1.35. The number of carboxylic acid groups (broad SMARTS) is 1. The minimum absolute atomic E-state index is 0.000483. The highest BCUT2D eigenvalue weighted by Crippen LogP contribution is 2.14. The molecule has 0 heterocycles. The van der Waals surface area contributed by atoms with Crippen LogP contribution in [-0.2, 0) is 11.2 Å². The van der Waals surface area contributed by atoms with Gasteiger partial charge in [-0.2, -0.15) is 5.01 Å². The molecule has 1 atom stereocenters. The third-order valence-electron chi connectivity index (χ3n) is 3.17. The maximum absolute atomic E-state index is 12.3. The molecule has 1 amide bonds. The second-order valence-corrected chi connectivity index (χ2v) is 4.64. The minimum Gasteiger partial charge on any atom is -0.480 e. The van der Waals surface area contributed by atoms with E-state index in [4.69, 9.17) is 0 Å². The number of amides is 1. The van der Waals surface area contributed by atoms with E-state index in [0.29, 0.717) is 10.6 Å². The van der Waals surface area contributed by atoms with Crippen LogP contribution < -0.4 is 0 Å². The Hall–Kier alpha value is -3.02. The zero-order valence-corrected chi connectivity index (χ0v) is 11.6. The summed E-state index contributed by atoms with van der Waals surface area (Å²) >= 11 is 0. The van der Waals surface area contributed by atoms with Gasteiger partial charge < -0.3 is 5.11 Å². The molecule has 0 aliphatic heterocycles. The van der Waals surface area contributed by atoms with Crippen molar-refractivity contribution in [3.63, 3.8) is 0 Å². The van der Waals surface area contributed by atoms with Gasteiger partial charge in [-0.05, 0) is 17.7 Å². The van der Waals surface area contributed by atoms with E-state index in [1.165, 1.54) is 12.1 Å². The number of carbonyl (C=O) groups excluding carboxylic acids is 1. The predicted octanol–water partition coefficient (Wildman–Crippen LogP) is 2.51. The van der Waals surface area contributed by atoms with Gasteiger partial charge in [0.25, 0.3) is 5.91 Å². The van der Waals surface area contributed by atoms with Crippen LogP contribution in [0.15, 0.2) is 65.9 Å². The first-order chi connectivity index (χ1) is 10.6. The van der Waals surface area contributed by atoms with E-state index in [1.54, 1.807) is 48.5 Å². The van der Waals surface area contributed by atoms with Crippen molar-refractivity contribution in [2.24, 2.45) is 5.29 Å². The summed E-state index contributed by atoms with van der Waals surface area (Å²) in [4.78, 5) is 34.8. The number of benzene rings is 2. The molecule has 0 spiro atoms. The van der Waals surface area contributed by atoms with E-state index in [2.05, 4.69) is 5.29 Å². The topological polar surface area (TPSA) is 87.0 Å². The zero-order valence-electron chi connectivity index (χ0n) is 11.6. The maximum Gasteiger partial charge on any atom is 0.329 e. The summed E-state index contributed by atoms with van der Waals surface area (Å²) in [6.45, 7) is 0. The summed E-state index contributed by atoms with van der Waals surface area (Å²) in [5, 5.41) is 12.5. The fourth-order valence-electron chi connectivity index (χ4n) is 2.06. The number of aliphatic carboxylic acids is 1. The fourth-order valence-corrected chi connectivity index (χ4v) is 2.06. The molecule has 0 radical (unpaired) electrons. The molecule has 0 saturated carbocycles. The summed E-state index contributed by atoms with van der Waals surface area (Å²) in [6.07, 6.45) is 0.000483. The van der Waals surface area contributed by atoms with Crippen LogP contribution in [-0.4, -0.2) is 28.0 Å². The second-order valence-electron chi connectivity index (χ2n) is 4.64. The van der Waals surface area contributed by atoms with Crippen molar-refractivity contribution in [2.45, 2.75) is 12.5 Å². The molecule has 22 heavy (non-hydrogen) atoms. The van der Waals surface area contributed by atoms with Crippen LogP contribution in [0.25, 0.3) is 0 Å². The van der Waals surface area contributed by atoms with E-state index in [9.17, 15) is 19.6 Å². The normalized spacial score (nSPS) is 11.5. The molecule has 1 unspecified atom stereocenters. The summed E-state index contributed by atoms with van der Waals surface area (Å²) < 4.78 is 0. The molecule has 0 fully saturated rings. The Balaban J connectivity index is 2.27. The molecular formula is C16H14N2O4. The van der Waals surface area contributed by atoms with Gasteiger partial charge >= 0.3 is 5.97 Å². The van der Waals surface area contributed by atoms with Crippen LogP contribution >= 0.6 is 0 Å². The van der Waals surface area contributed by atoms with Crippen molar-refractivity contribution in [2.75, 3.05) is 0 Å². The number of hydrogen-bond acceptors (Lipinski definition) is 4. The molecule has 2 rings (SSSR count). The first-order valence-corrected chi connectivity index (χ1v) is 6.62. The number of carboxylic acids is 1. The van der Waals surface area contributed by atoms with Gasteiger partial charge in [0.05, 0.1) is 5.29 Å². The number of hydrogen-bond donors (Lipinski definition) is 1. The maximum atomic E-state index is 12.3. The third-order valence-corrected chi connectivity index (χ3v) is 3.17. The Bertz CT molecular complexity index is 658. The van der Waals surface area contributed by atoms with Gasteiger partial charge in [0.2, 0.25) is 0 Å². The molecule has 1 N–H and O–H groups in total. The highest BCUT2D eigenvalue weighted by Gasteiger charge is 2.32. The SMILES string of the molecule is O=NN(C(=O)c1ccccc1)C(Cc1ccccc1)C(=O)O. The van der Waals surface area contributed by atoms with Gasteiger partial charge in [-0.15, -0.1) is 4.91 Å². The van der Waals surface area contributed by atoms with E-state index >= 15 is 0 Å². The largest absolute Gasteiger partial charge is 0.480 e. The van der Waals surface area contributed by atoms with Crippen molar-refractivity contribution in [1.29, 1.82) is 0 Å². The quantitative estimate of drug-likeness (QED) is 0.655. The summed E-state index contributed by atoms with van der Waals surface area (Å²) in [5.41, 5.74) is 0.908. The van der Waals surface area contributed by atoms with Gasteiger partial charge in [-0.3, -0.25) is 4.79 Å². The van der Waals surface area contributed by atoms with Crippen molar-refractivity contribution in [3.05, 3.63) is 76.7 Å². The van der Waals surface area contributed by atoms with Crippen LogP contribution in [0.3, 0.4) is 0 Å². The molecular weight excluding hydrogens is 284 g/mol. The number of rotatable bonds is 6. The molecule has 6 heteroatoms. The van der Waals surface area contributed by atoms with E-state index in [0.717, 1.165) is 0 Å². The Morgan fingerprint density at radius 2 is 1.55 bits per heavy atom. The average molecular weight is 298 g/mol. The standard InChI is InChI=1S/C16H14N2O4/c19-15(13-9-5-2-6-10-13)18(17-22)14(16(20)21)11-12-7-3-1-4-8-12/h1-10,14H,11H2,(H,20,21). The van der Waals surface area contributed by atoms with Gasteiger partial charge in [0.1, 0.15) is 0 Å². The zero-order chi connectivity index (χ0) is 15.9. The second kappa shape index (κ2) is 7.12. The summed E-state index contributed by atoms with van der Waals surface area (Å²) in [5.74, 6) is -2.02. The smallest absolute Gasteiger partial charge is 0.329 e. The van der Waals surface area contributed by atoms with Gasteiger partial charge in [-0.25, -0.2) is 4.79 Å². The van der Waals surface area contributed by atoms with E-state index in [1.807, 2.05) is 0 Å². The first-order valence-electron chi connectivity index (χ1n) is 6.62. The van der Waals surface area contributed by atoms with Crippen molar-refractivity contribution in [1.82, 2.24) is 5.01 Å². The van der Waals surface area contributed by atoms with E-state index in [-0.39, 0.29) is 12.0 Å². The van der Waals surface area contributed by atoms with Crippen molar-refractivity contribution in [3.8, 4) is 0 Å². The van der Waals surface area contributed by atoms with Crippen molar-refractivity contribution < 1.29 is 14.7 Å². The Kier molecular flexibility index (Phi) is 4.98. The predicted molar refractivity (Wildman–Crippen MR) is 80.0 cm³/mol. The molecule has 6 nitrogen and oxygen atoms in total. The van der Waals surface area contributed by atoms with Crippen LogP contribution in [0.1, 0.15) is 15.9 Å². The lowest BCUT2D eigenvalue weighted by molar-refractivity contribution is -0.142. The highest BCUT2D eigenvalue weighted by atomic mass is 16.4. The Morgan fingerprint density at radius 3 is 2.05 bits per heavy atom. The number of nitrogens with zero attached hydrogens (tertiary/aromatic N) is 2. The first kappa shape index (κ1) is 15.4. The Labute approximate surface area is 126 Å². The van der Waals surface area contributed by atoms with Gasteiger partial charge in [0.15, 0.2) is 6.04 Å². The van der Waals surface area contributed by atoms with Crippen LogP contribution in [0.4, 0.5) is 0 Å². The lowest BCUT2D eigenvalue weighted by Crippen LogP contribution is -2.42. The molecule has 2 aromatic carbocycles. The van der Waals surface area contributed by atoms with Gasteiger partial charge in [0, 0.05) is 12.0 Å². The number of nitroso groups, excluding NO2 is 1. The molecule has 0 aromatic heterocycles. The molecule has 0 aliphatic carbocycles.